The Morgan fingerprint density at radius 3 is 2.74 bits per heavy atom. The van der Waals surface area contributed by atoms with Crippen molar-refractivity contribution in [1.29, 1.82) is 0 Å². The first-order valence-electron chi connectivity index (χ1n) is 9.16. The maximum Gasteiger partial charge on any atom is 0.244 e. The van der Waals surface area contributed by atoms with Crippen molar-refractivity contribution in [3.8, 4) is 11.3 Å². The number of rotatable bonds is 7. The zero-order valence-electron chi connectivity index (χ0n) is 15.7. The highest BCUT2D eigenvalue weighted by molar-refractivity contribution is 5.92. The number of aromatic nitrogens is 3. The summed E-state index contributed by atoms with van der Waals surface area (Å²) in [4.78, 5) is 16.3. The Kier molecular flexibility index (Phi) is 6.15. The van der Waals surface area contributed by atoms with Crippen LogP contribution in [0.2, 0.25) is 0 Å². The summed E-state index contributed by atoms with van der Waals surface area (Å²) in [7, 11) is 0. The van der Waals surface area contributed by atoms with Crippen LogP contribution in [0.1, 0.15) is 31.4 Å². The van der Waals surface area contributed by atoms with Gasteiger partial charge in [-0.15, -0.1) is 0 Å². The van der Waals surface area contributed by atoms with Gasteiger partial charge in [0.2, 0.25) is 5.91 Å². The molecule has 0 bridgehead atoms. The van der Waals surface area contributed by atoms with Gasteiger partial charge in [-0.2, -0.15) is 5.10 Å². The minimum Gasteiger partial charge on any atom is -0.350 e. The van der Waals surface area contributed by atoms with Crippen molar-refractivity contribution in [2.24, 2.45) is 0 Å². The Balaban J connectivity index is 1.87. The van der Waals surface area contributed by atoms with E-state index in [0.29, 0.717) is 6.54 Å². The lowest BCUT2D eigenvalue weighted by Crippen LogP contribution is -2.30. The van der Waals surface area contributed by atoms with Gasteiger partial charge >= 0.3 is 0 Å². The van der Waals surface area contributed by atoms with Gasteiger partial charge in [0.25, 0.3) is 0 Å². The summed E-state index contributed by atoms with van der Waals surface area (Å²) in [6, 6.07) is 14.2. The van der Waals surface area contributed by atoms with Crippen molar-refractivity contribution < 1.29 is 4.79 Å². The Labute approximate surface area is 159 Å². The molecule has 5 heteroatoms. The third kappa shape index (κ3) is 5.14. The van der Waals surface area contributed by atoms with Crippen LogP contribution >= 0.6 is 0 Å². The van der Waals surface area contributed by atoms with Crippen LogP contribution in [0, 0.1) is 0 Å². The molecule has 1 atom stereocenters. The molecule has 1 N–H and O–H groups in total. The summed E-state index contributed by atoms with van der Waals surface area (Å²) in [5, 5.41) is 7.66. The van der Waals surface area contributed by atoms with E-state index in [1.807, 2.05) is 61.1 Å². The van der Waals surface area contributed by atoms with Crippen LogP contribution in [-0.4, -0.2) is 26.7 Å². The first kappa shape index (κ1) is 18.6. The third-order valence-electron chi connectivity index (χ3n) is 4.33. The average Bonchev–Trinajstić information content (AvgIpc) is 3.10. The normalized spacial score (nSPS) is 12.2. The molecule has 5 nitrogen and oxygen atoms in total. The molecule has 1 unspecified atom stereocenters. The van der Waals surface area contributed by atoms with Gasteiger partial charge in [-0.3, -0.25) is 14.5 Å². The van der Waals surface area contributed by atoms with Gasteiger partial charge in [-0.05, 0) is 37.1 Å². The van der Waals surface area contributed by atoms with E-state index in [-0.39, 0.29) is 11.9 Å². The lowest BCUT2D eigenvalue weighted by Gasteiger charge is -2.08. The first-order chi connectivity index (χ1) is 13.2. The first-order valence-corrected chi connectivity index (χ1v) is 9.16. The molecule has 0 saturated carbocycles. The van der Waals surface area contributed by atoms with Gasteiger partial charge in [0, 0.05) is 41.8 Å². The number of nitrogens with zero attached hydrogens (tertiary/aromatic N) is 3. The highest BCUT2D eigenvalue weighted by atomic mass is 16.1. The van der Waals surface area contributed by atoms with Crippen LogP contribution < -0.4 is 5.32 Å². The van der Waals surface area contributed by atoms with Crippen molar-refractivity contribution in [1.82, 2.24) is 20.1 Å². The van der Waals surface area contributed by atoms with E-state index >= 15 is 0 Å². The zero-order valence-corrected chi connectivity index (χ0v) is 15.7. The minimum absolute atomic E-state index is 0.0997. The fourth-order valence-corrected chi connectivity index (χ4v) is 2.70. The van der Waals surface area contributed by atoms with Gasteiger partial charge < -0.3 is 5.32 Å². The molecule has 0 fully saturated rings. The molecule has 2 aromatic heterocycles. The molecule has 3 aromatic rings. The predicted octanol–water partition coefficient (Wildman–Crippen LogP) is 3.92. The summed E-state index contributed by atoms with van der Waals surface area (Å²) >= 11 is 0. The van der Waals surface area contributed by atoms with Crippen LogP contribution in [0.4, 0.5) is 0 Å². The number of pyridine rings is 1. The van der Waals surface area contributed by atoms with Gasteiger partial charge in [0.15, 0.2) is 0 Å². The van der Waals surface area contributed by atoms with Crippen molar-refractivity contribution in [3.63, 3.8) is 0 Å². The Morgan fingerprint density at radius 2 is 2.04 bits per heavy atom. The molecule has 0 spiro atoms. The summed E-state index contributed by atoms with van der Waals surface area (Å²) in [5.41, 5.74) is 3.79. The largest absolute Gasteiger partial charge is 0.350 e. The Morgan fingerprint density at radius 1 is 1.22 bits per heavy atom. The minimum atomic E-state index is -0.0997. The van der Waals surface area contributed by atoms with Gasteiger partial charge in [-0.25, -0.2) is 0 Å². The summed E-state index contributed by atoms with van der Waals surface area (Å²) in [5.74, 6) is -0.0997. The van der Waals surface area contributed by atoms with Gasteiger partial charge in [-0.1, -0.05) is 37.3 Å². The van der Waals surface area contributed by atoms with E-state index in [9.17, 15) is 4.79 Å². The average molecular weight is 360 g/mol. The molecule has 1 amide bonds. The fraction of sp³-hybridized carbons (Fsp3) is 0.227. The number of carbonyl (C=O) groups is 1. The monoisotopic (exact) mass is 360 g/mol. The van der Waals surface area contributed by atoms with Crippen LogP contribution in [0.3, 0.4) is 0 Å². The molecular formula is C22H24N4O. The molecule has 0 aliphatic heterocycles. The third-order valence-corrected chi connectivity index (χ3v) is 4.33. The number of benzene rings is 1. The second kappa shape index (κ2) is 8.94. The van der Waals surface area contributed by atoms with E-state index in [4.69, 9.17) is 5.10 Å². The second-order valence-corrected chi connectivity index (χ2v) is 6.51. The zero-order chi connectivity index (χ0) is 19.1. The highest BCUT2D eigenvalue weighted by Gasteiger charge is 2.10. The number of carbonyl (C=O) groups excluding carboxylic acids is 1. The Bertz CT molecular complexity index is 901. The van der Waals surface area contributed by atoms with Crippen molar-refractivity contribution in [2.45, 2.75) is 32.9 Å². The molecule has 0 aliphatic rings. The second-order valence-electron chi connectivity index (χ2n) is 6.51. The van der Waals surface area contributed by atoms with Gasteiger partial charge in [0.05, 0.1) is 6.54 Å². The molecule has 138 valence electrons. The van der Waals surface area contributed by atoms with E-state index in [2.05, 4.69) is 22.4 Å². The Hall–Kier alpha value is -3.21. The van der Waals surface area contributed by atoms with E-state index in [0.717, 1.165) is 23.2 Å². The quantitative estimate of drug-likeness (QED) is 0.650. The topological polar surface area (TPSA) is 59.8 Å². The fourth-order valence-electron chi connectivity index (χ4n) is 2.70. The van der Waals surface area contributed by atoms with Crippen molar-refractivity contribution in [3.05, 3.63) is 78.3 Å². The summed E-state index contributed by atoms with van der Waals surface area (Å²) < 4.78 is 1.89. The number of hydrogen-bond donors (Lipinski definition) is 1. The predicted molar refractivity (Wildman–Crippen MR) is 108 cm³/mol. The molecule has 2 heterocycles. The number of amides is 1. The van der Waals surface area contributed by atoms with Gasteiger partial charge in [0.1, 0.15) is 5.69 Å². The number of hydrogen-bond acceptors (Lipinski definition) is 3. The standard InChI is InChI=1S/C22H24N4O/c1-3-17(2)24-21(27)12-11-20-16-26(15-18-8-5-4-6-9-18)25-22(20)19-10-7-13-23-14-19/h4-14,16-17H,3,15H2,1-2H3,(H,24,27)/b12-11+. The van der Waals surface area contributed by atoms with Crippen molar-refractivity contribution >= 4 is 12.0 Å². The maximum absolute atomic E-state index is 12.1. The lowest BCUT2D eigenvalue weighted by atomic mass is 10.1. The molecule has 1 aromatic carbocycles. The van der Waals surface area contributed by atoms with Crippen LogP contribution in [0.5, 0.6) is 0 Å². The molecule has 3 rings (SSSR count). The molecular weight excluding hydrogens is 336 g/mol. The van der Waals surface area contributed by atoms with E-state index in [1.165, 1.54) is 5.56 Å². The molecule has 27 heavy (non-hydrogen) atoms. The number of nitrogens with one attached hydrogen (secondary N) is 1. The van der Waals surface area contributed by atoms with Crippen molar-refractivity contribution in [2.75, 3.05) is 0 Å². The van der Waals surface area contributed by atoms with Crippen LogP contribution in [0.25, 0.3) is 17.3 Å². The van der Waals surface area contributed by atoms with Crippen LogP contribution in [-0.2, 0) is 11.3 Å². The molecule has 0 aliphatic carbocycles. The summed E-state index contributed by atoms with van der Waals surface area (Å²) in [6.07, 6.45) is 9.76. The smallest absolute Gasteiger partial charge is 0.244 e. The SMILES string of the molecule is CCC(C)NC(=O)/C=C/c1cn(Cc2ccccc2)nc1-c1cccnc1. The van der Waals surface area contributed by atoms with E-state index in [1.54, 1.807) is 18.5 Å². The highest BCUT2D eigenvalue weighted by Crippen LogP contribution is 2.23. The summed E-state index contributed by atoms with van der Waals surface area (Å²) in [6.45, 7) is 4.70. The van der Waals surface area contributed by atoms with Crippen LogP contribution in [0.15, 0.2) is 67.1 Å². The molecule has 0 saturated heterocycles. The molecule has 0 radical (unpaired) electrons. The maximum atomic E-state index is 12.1. The van der Waals surface area contributed by atoms with E-state index < -0.39 is 0 Å². The lowest BCUT2D eigenvalue weighted by molar-refractivity contribution is -0.117.